The Labute approximate surface area is 215 Å². The van der Waals surface area contributed by atoms with Crippen LogP contribution in [0.2, 0.25) is 0 Å². The van der Waals surface area contributed by atoms with Crippen molar-refractivity contribution in [2.75, 3.05) is 26.9 Å². The van der Waals surface area contributed by atoms with Crippen molar-refractivity contribution in [2.45, 2.75) is 13.3 Å². The first kappa shape index (κ1) is 24.9. The lowest BCUT2D eigenvalue weighted by Crippen LogP contribution is -2.29. The molecule has 35 heavy (non-hydrogen) atoms. The number of carbonyl (C=O) groups excluding carboxylic acids is 1. The highest BCUT2D eigenvalue weighted by molar-refractivity contribution is 8.26. The Kier molecular flexibility index (Phi) is 8.17. The van der Waals surface area contributed by atoms with Crippen molar-refractivity contribution in [3.05, 3.63) is 83.4 Å². The van der Waals surface area contributed by atoms with E-state index in [1.807, 2.05) is 72.4 Å². The predicted molar refractivity (Wildman–Crippen MR) is 146 cm³/mol. The monoisotopic (exact) mass is 505 g/mol. The molecule has 0 atom stereocenters. The third kappa shape index (κ3) is 5.73. The van der Waals surface area contributed by atoms with Crippen molar-refractivity contribution in [1.82, 2.24) is 14.7 Å². The number of hydrogen-bond donors (Lipinski definition) is 0. The number of ether oxygens (including phenoxy) is 2. The molecule has 1 fully saturated rings. The van der Waals surface area contributed by atoms with Crippen molar-refractivity contribution >= 4 is 40.3 Å². The maximum absolute atomic E-state index is 13.1. The molecule has 1 aliphatic heterocycles. The number of rotatable bonds is 10. The highest BCUT2D eigenvalue weighted by Crippen LogP contribution is 2.36. The number of aromatic nitrogens is 2. The summed E-state index contributed by atoms with van der Waals surface area (Å²) in [7, 11) is 1.65. The van der Waals surface area contributed by atoms with E-state index in [0.29, 0.717) is 29.0 Å². The Morgan fingerprint density at radius 1 is 1.20 bits per heavy atom. The third-order valence-electron chi connectivity index (χ3n) is 5.47. The lowest BCUT2D eigenvalue weighted by Gasteiger charge is -2.13. The van der Waals surface area contributed by atoms with Crippen LogP contribution < -0.4 is 4.74 Å². The van der Waals surface area contributed by atoms with E-state index < -0.39 is 0 Å². The average Bonchev–Trinajstić information content (AvgIpc) is 3.39. The SMILES string of the molecule is C=CCOc1ccc(-c2nn(-c3ccccc3)cc2C=C2SC(=S)N(CCCOC)C2=O)c(C)c1. The second kappa shape index (κ2) is 11.5. The standard InChI is InChI=1S/C27H27N3O3S2/c1-4-14-33-22-11-12-23(19(2)16-22)25-20(18-30(28-25)21-9-6-5-7-10-21)17-24-26(31)29(27(34)35-24)13-8-15-32-3/h4-7,9-12,16-18H,1,8,13-15H2,2-3H3. The highest BCUT2D eigenvalue weighted by Gasteiger charge is 2.32. The summed E-state index contributed by atoms with van der Waals surface area (Å²) >= 11 is 6.80. The Bertz CT molecular complexity index is 1270. The van der Waals surface area contributed by atoms with Crippen LogP contribution in [0.1, 0.15) is 17.5 Å². The molecule has 0 radical (unpaired) electrons. The third-order valence-corrected chi connectivity index (χ3v) is 6.85. The van der Waals surface area contributed by atoms with Gasteiger partial charge in [0.2, 0.25) is 0 Å². The number of aryl methyl sites for hydroxylation is 1. The summed E-state index contributed by atoms with van der Waals surface area (Å²) in [6.45, 7) is 7.29. The van der Waals surface area contributed by atoms with Crippen LogP contribution in [-0.2, 0) is 9.53 Å². The van der Waals surface area contributed by atoms with Crippen LogP contribution in [0.4, 0.5) is 0 Å². The summed E-state index contributed by atoms with van der Waals surface area (Å²) in [5.74, 6) is 0.687. The van der Waals surface area contributed by atoms with Crippen LogP contribution in [0.25, 0.3) is 23.0 Å². The molecule has 0 spiro atoms. The molecular weight excluding hydrogens is 478 g/mol. The fourth-order valence-corrected chi connectivity index (χ4v) is 5.06. The number of hydrogen-bond acceptors (Lipinski definition) is 6. The molecule has 0 bridgehead atoms. The van der Waals surface area contributed by atoms with Gasteiger partial charge in [-0.05, 0) is 55.3 Å². The average molecular weight is 506 g/mol. The van der Waals surface area contributed by atoms with Gasteiger partial charge in [-0.3, -0.25) is 9.69 Å². The van der Waals surface area contributed by atoms with Crippen LogP contribution in [0.15, 0.2) is 72.3 Å². The molecule has 2 heterocycles. The van der Waals surface area contributed by atoms with Gasteiger partial charge in [0.1, 0.15) is 22.4 Å². The van der Waals surface area contributed by atoms with E-state index in [1.54, 1.807) is 18.1 Å². The van der Waals surface area contributed by atoms with Crippen LogP contribution >= 0.6 is 24.0 Å². The van der Waals surface area contributed by atoms with Crippen molar-refractivity contribution in [1.29, 1.82) is 0 Å². The first-order chi connectivity index (χ1) is 17.0. The predicted octanol–water partition coefficient (Wildman–Crippen LogP) is 5.65. The fourth-order valence-electron chi connectivity index (χ4n) is 3.76. The maximum atomic E-state index is 13.1. The van der Waals surface area contributed by atoms with Gasteiger partial charge in [0.25, 0.3) is 5.91 Å². The quantitative estimate of drug-likeness (QED) is 0.154. The number of thiocarbonyl (C=S) groups is 1. The summed E-state index contributed by atoms with van der Waals surface area (Å²) < 4.78 is 13.2. The number of thioether (sulfide) groups is 1. The molecule has 1 aromatic heterocycles. The van der Waals surface area contributed by atoms with Gasteiger partial charge in [-0.15, -0.1) is 0 Å². The summed E-state index contributed by atoms with van der Waals surface area (Å²) in [6, 6.07) is 15.8. The topological polar surface area (TPSA) is 56.6 Å². The van der Waals surface area contributed by atoms with Crippen LogP contribution in [0.3, 0.4) is 0 Å². The largest absolute Gasteiger partial charge is 0.490 e. The van der Waals surface area contributed by atoms with Gasteiger partial charge in [-0.1, -0.05) is 54.8 Å². The summed E-state index contributed by atoms with van der Waals surface area (Å²) in [5.41, 5.74) is 4.54. The zero-order chi connectivity index (χ0) is 24.8. The molecule has 2 aromatic carbocycles. The molecule has 180 valence electrons. The van der Waals surface area contributed by atoms with E-state index in [1.165, 1.54) is 11.8 Å². The zero-order valence-electron chi connectivity index (χ0n) is 19.8. The van der Waals surface area contributed by atoms with Crippen LogP contribution in [-0.4, -0.2) is 51.8 Å². The molecule has 6 nitrogen and oxygen atoms in total. The van der Waals surface area contributed by atoms with Crippen LogP contribution in [0, 0.1) is 6.92 Å². The molecular formula is C27H27N3O3S2. The number of amides is 1. The Hall–Kier alpha value is -3.20. The van der Waals surface area contributed by atoms with Gasteiger partial charge in [0.15, 0.2) is 0 Å². The van der Waals surface area contributed by atoms with Gasteiger partial charge in [-0.2, -0.15) is 5.10 Å². The van der Waals surface area contributed by atoms with Crippen molar-refractivity contribution in [2.24, 2.45) is 0 Å². The van der Waals surface area contributed by atoms with Crippen LogP contribution in [0.5, 0.6) is 5.75 Å². The summed E-state index contributed by atoms with van der Waals surface area (Å²) in [4.78, 5) is 15.3. The van der Waals surface area contributed by atoms with E-state index in [4.69, 9.17) is 26.8 Å². The highest BCUT2D eigenvalue weighted by atomic mass is 32.2. The van der Waals surface area contributed by atoms with Crippen molar-refractivity contribution in [3.63, 3.8) is 0 Å². The van der Waals surface area contributed by atoms with Gasteiger partial charge in [0, 0.05) is 37.6 Å². The Morgan fingerprint density at radius 3 is 2.71 bits per heavy atom. The van der Waals surface area contributed by atoms with Gasteiger partial charge in [-0.25, -0.2) is 4.68 Å². The van der Waals surface area contributed by atoms with E-state index in [9.17, 15) is 4.79 Å². The lowest BCUT2D eigenvalue weighted by molar-refractivity contribution is -0.122. The van der Waals surface area contributed by atoms with Gasteiger partial charge >= 0.3 is 0 Å². The number of nitrogens with zero attached hydrogens (tertiary/aromatic N) is 3. The molecule has 0 N–H and O–H groups in total. The number of para-hydroxylation sites is 1. The first-order valence-corrected chi connectivity index (χ1v) is 12.5. The minimum Gasteiger partial charge on any atom is -0.490 e. The normalized spacial score (nSPS) is 14.7. The Morgan fingerprint density at radius 2 is 2.00 bits per heavy atom. The number of methoxy groups -OCH3 is 1. The molecule has 8 heteroatoms. The molecule has 3 aromatic rings. The number of benzene rings is 2. The second-order valence-corrected chi connectivity index (χ2v) is 9.65. The van der Waals surface area contributed by atoms with E-state index >= 15 is 0 Å². The molecule has 4 rings (SSSR count). The maximum Gasteiger partial charge on any atom is 0.266 e. The minimum absolute atomic E-state index is 0.0839. The molecule has 1 amide bonds. The van der Waals surface area contributed by atoms with Gasteiger partial charge in [0.05, 0.1) is 10.6 Å². The smallest absolute Gasteiger partial charge is 0.266 e. The molecule has 0 unspecified atom stereocenters. The molecule has 1 aliphatic rings. The van der Waals surface area contributed by atoms with Gasteiger partial charge < -0.3 is 9.47 Å². The fraction of sp³-hybridized carbons (Fsp3) is 0.222. The number of carbonyl (C=O) groups is 1. The summed E-state index contributed by atoms with van der Waals surface area (Å²) in [5, 5.41) is 4.90. The lowest BCUT2D eigenvalue weighted by atomic mass is 10.0. The Balaban J connectivity index is 1.73. The second-order valence-electron chi connectivity index (χ2n) is 7.97. The van der Waals surface area contributed by atoms with Crippen molar-refractivity contribution in [3.8, 4) is 22.7 Å². The van der Waals surface area contributed by atoms with E-state index in [2.05, 4.69) is 6.58 Å². The molecule has 0 saturated carbocycles. The molecule has 1 saturated heterocycles. The van der Waals surface area contributed by atoms with E-state index in [-0.39, 0.29) is 5.91 Å². The minimum atomic E-state index is -0.0839. The van der Waals surface area contributed by atoms with Crippen molar-refractivity contribution < 1.29 is 14.3 Å². The molecule has 0 aliphatic carbocycles. The zero-order valence-corrected chi connectivity index (χ0v) is 21.4. The first-order valence-electron chi connectivity index (χ1n) is 11.3. The summed E-state index contributed by atoms with van der Waals surface area (Å²) in [6.07, 6.45) is 6.28. The van der Waals surface area contributed by atoms with E-state index in [0.717, 1.165) is 40.2 Å².